The lowest BCUT2D eigenvalue weighted by molar-refractivity contribution is 0.211. The molecule has 2 rings (SSSR count). The normalized spacial score (nSPS) is 21.0. The first kappa shape index (κ1) is 15.4. The summed E-state index contributed by atoms with van der Waals surface area (Å²) in [6, 6.07) is 5.92. The van der Waals surface area contributed by atoms with Gasteiger partial charge >= 0.3 is 0 Å². The number of likely N-dealkylation sites (tertiary alicyclic amines) is 1. The average molecular weight is 300 g/mol. The molecule has 1 saturated heterocycles. The zero-order valence-electron chi connectivity index (χ0n) is 11.7. The largest absolute Gasteiger partial charge is 0.302 e. The Bertz CT molecular complexity index is 548. The molecule has 6 heteroatoms. The van der Waals surface area contributed by atoms with Crippen molar-refractivity contribution in [2.24, 2.45) is 0 Å². The van der Waals surface area contributed by atoms with E-state index in [-0.39, 0.29) is 17.4 Å². The predicted molar refractivity (Wildman–Crippen MR) is 77.3 cm³/mol. The Morgan fingerprint density at radius 1 is 1.40 bits per heavy atom. The second-order valence-electron chi connectivity index (χ2n) is 5.20. The number of hydrogen-bond donors (Lipinski definition) is 1. The number of benzene rings is 1. The first-order valence-corrected chi connectivity index (χ1v) is 8.61. The number of halogens is 1. The molecule has 0 radical (unpaired) electrons. The number of nitrogens with zero attached hydrogens (tertiary/aromatic N) is 1. The third kappa shape index (κ3) is 4.26. The molecule has 0 spiro atoms. The van der Waals surface area contributed by atoms with Gasteiger partial charge in [-0.2, -0.15) is 0 Å². The lowest BCUT2D eigenvalue weighted by Gasteiger charge is -2.32. The van der Waals surface area contributed by atoms with E-state index in [2.05, 4.69) is 16.5 Å². The third-order valence-electron chi connectivity index (χ3n) is 3.60. The van der Waals surface area contributed by atoms with Crippen molar-refractivity contribution in [3.05, 3.63) is 35.6 Å². The Balaban J connectivity index is 1.99. The van der Waals surface area contributed by atoms with Crippen LogP contribution >= 0.6 is 0 Å². The second kappa shape index (κ2) is 6.65. The molecule has 20 heavy (non-hydrogen) atoms. The molecule has 4 nitrogen and oxygen atoms in total. The first-order valence-electron chi connectivity index (χ1n) is 6.96. The van der Waals surface area contributed by atoms with Crippen molar-refractivity contribution in [3.63, 3.8) is 0 Å². The summed E-state index contributed by atoms with van der Waals surface area (Å²) in [7, 11) is -3.51. The Hall–Kier alpha value is -0.980. The standard InChI is InChI=1S/C14H21FN2O2S/c1-2-17-9-5-7-13(10-17)16-20(18,19)11-12-6-3-4-8-14(12)15/h3-4,6,8,13,16H,2,5,7,9-11H2,1H3/t13-/m1/s1. The van der Waals surface area contributed by atoms with Crippen LogP contribution < -0.4 is 4.72 Å². The molecule has 1 aromatic rings. The van der Waals surface area contributed by atoms with Gasteiger partial charge in [-0.15, -0.1) is 0 Å². The summed E-state index contributed by atoms with van der Waals surface area (Å²) in [5, 5.41) is 0. The van der Waals surface area contributed by atoms with Gasteiger partial charge < -0.3 is 4.90 Å². The van der Waals surface area contributed by atoms with Gasteiger partial charge in [0.2, 0.25) is 10.0 Å². The highest BCUT2D eigenvalue weighted by molar-refractivity contribution is 7.88. The van der Waals surface area contributed by atoms with Crippen LogP contribution in [-0.2, 0) is 15.8 Å². The van der Waals surface area contributed by atoms with Crippen molar-refractivity contribution < 1.29 is 12.8 Å². The van der Waals surface area contributed by atoms with Crippen molar-refractivity contribution in [3.8, 4) is 0 Å². The smallest absolute Gasteiger partial charge is 0.216 e. The topological polar surface area (TPSA) is 49.4 Å². The number of hydrogen-bond acceptors (Lipinski definition) is 3. The average Bonchev–Trinajstić information content (AvgIpc) is 2.41. The summed E-state index contributed by atoms with van der Waals surface area (Å²) >= 11 is 0. The van der Waals surface area contributed by atoms with E-state index in [0.717, 1.165) is 32.5 Å². The van der Waals surface area contributed by atoms with Crippen molar-refractivity contribution in [1.82, 2.24) is 9.62 Å². The quantitative estimate of drug-likeness (QED) is 0.901. The van der Waals surface area contributed by atoms with Crippen LogP contribution in [0.2, 0.25) is 0 Å². The SMILES string of the molecule is CCN1CCC[C@@H](NS(=O)(=O)Cc2ccccc2F)C1. The summed E-state index contributed by atoms with van der Waals surface area (Å²) in [4.78, 5) is 2.22. The van der Waals surface area contributed by atoms with Crippen LogP contribution in [0.1, 0.15) is 25.3 Å². The maximum Gasteiger partial charge on any atom is 0.216 e. The molecule has 0 aromatic heterocycles. The van der Waals surface area contributed by atoms with Crippen LogP contribution in [0.15, 0.2) is 24.3 Å². The van der Waals surface area contributed by atoms with E-state index < -0.39 is 15.8 Å². The molecular formula is C14H21FN2O2S. The molecule has 0 amide bonds. The van der Waals surface area contributed by atoms with E-state index >= 15 is 0 Å². The predicted octanol–water partition coefficient (Wildman–Crippen LogP) is 1.73. The van der Waals surface area contributed by atoms with E-state index in [9.17, 15) is 12.8 Å². The van der Waals surface area contributed by atoms with E-state index in [0.29, 0.717) is 0 Å². The molecule has 1 N–H and O–H groups in total. The second-order valence-corrected chi connectivity index (χ2v) is 6.95. The molecule has 1 aliphatic heterocycles. The summed E-state index contributed by atoms with van der Waals surface area (Å²) in [5.41, 5.74) is 0.211. The lowest BCUT2D eigenvalue weighted by atomic mass is 10.1. The fraction of sp³-hybridized carbons (Fsp3) is 0.571. The maximum absolute atomic E-state index is 13.5. The fourth-order valence-electron chi connectivity index (χ4n) is 2.55. The molecule has 1 aliphatic rings. The number of rotatable bonds is 5. The number of likely N-dealkylation sites (N-methyl/N-ethyl adjacent to an activating group) is 1. The van der Waals surface area contributed by atoms with Crippen LogP contribution in [0.5, 0.6) is 0 Å². The number of piperidine rings is 1. The molecule has 0 unspecified atom stereocenters. The highest BCUT2D eigenvalue weighted by Gasteiger charge is 2.24. The molecule has 1 atom stereocenters. The minimum Gasteiger partial charge on any atom is -0.302 e. The van der Waals surface area contributed by atoms with Gasteiger partial charge in [-0.25, -0.2) is 17.5 Å². The van der Waals surface area contributed by atoms with Crippen molar-refractivity contribution in [1.29, 1.82) is 0 Å². The van der Waals surface area contributed by atoms with E-state index in [4.69, 9.17) is 0 Å². The van der Waals surface area contributed by atoms with Crippen molar-refractivity contribution in [2.45, 2.75) is 31.6 Å². The van der Waals surface area contributed by atoms with Gasteiger partial charge in [-0.3, -0.25) is 0 Å². The number of nitrogens with one attached hydrogen (secondary N) is 1. The van der Waals surface area contributed by atoms with Crippen LogP contribution in [0.3, 0.4) is 0 Å². The minimum absolute atomic E-state index is 0.0690. The Kier molecular flexibility index (Phi) is 5.12. The highest BCUT2D eigenvalue weighted by Crippen LogP contribution is 2.14. The Morgan fingerprint density at radius 2 is 2.15 bits per heavy atom. The summed E-state index contributed by atoms with van der Waals surface area (Å²) < 4.78 is 40.5. The van der Waals surface area contributed by atoms with Gasteiger partial charge in [0.25, 0.3) is 0 Å². The van der Waals surface area contributed by atoms with Gasteiger partial charge in [0.05, 0.1) is 5.75 Å². The third-order valence-corrected chi connectivity index (χ3v) is 4.99. The number of sulfonamides is 1. The molecule has 0 saturated carbocycles. The molecule has 112 valence electrons. The summed E-state index contributed by atoms with van der Waals surface area (Å²) in [6.07, 6.45) is 1.83. The highest BCUT2D eigenvalue weighted by atomic mass is 32.2. The molecule has 0 bridgehead atoms. The van der Waals surface area contributed by atoms with Gasteiger partial charge in [-0.1, -0.05) is 25.1 Å². The van der Waals surface area contributed by atoms with Crippen molar-refractivity contribution in [2.75, 3.05) is 19.6 Å². The maximum atomic E-state index is 13.5. The van der Waals surface area contributed by atoms with E-state index in [1.807, 2.05) is 0 Å². The van der Waals surface area contributed by atoms with Crippen LogP contribution in [-0.4, -0.2) is 39.0 Å². The van der Waals surface area contributed by atoms with Gasteiger partial charge in [0, 0.05) is 18.2 Å². The molecule has 0 aliphatic carbocycles. The lowest BCUT2D eigenvalue weighted by Crippen LogP contribution is -2.47. The molecule has 1 aromatic carbocycles. The Morgan fingerprint density at radius 3 is 2.85 bits per heavy atom. The summed E-state index contributed by atoms with van der Waals surface area (Å²) in [6.45, 7) is 4.73. The zero-order valence-corrected chi connectivity index (χ0v) is 12.5. The van der Waals surface area contributed by atoms with Gasteiger partial charge in [0.15, 0.2) is 0 Å². The monoisotopic (exact) mass is 300 g/mol. The molecule has 1 heterocycles. The van der Waals surface area contributed by atoms with Crippen LogP contribution in [0.4, 0.5) is 4.39 Å². The van der Waals surface area contributed by atoms with Gasteiger partial charge in [0.1, 0.15) is 5.82 Å². The van der Waals surface area contributed by atoms with Crippen LogP contribution in [0, 0.1) is 5.82 Å². The first-order chi connectivity index (χ1) is 9.50. The molecular weight excluding hydrogens is 279 g/mol. The Labute approximate surface area is 120 Å². The summed E-state index contributed by atoms with van der Waals surface area (Å²) in [5.74, 6) is -0.779. The van der Waals surface area contributed by atoms with Gasteiger partial charge in [-0.05, 0) is 32.0 Å². The fourth-order valence-corrected chi connectivity index (χ4v) is 3.98. The van der Waals surface area contributed by atoms with Crippen LogP contribution in [0.25, 0.3) is 0 Å². The zero-order chi connectivity index (χ0) is 14.6. The molecule has 1 fully saturated rings. The van der Waals surface area contributed by atoms with E-state index in [1.54, 1.807) is 12.1 Å². The van der Waals surface area contributed by atoms with E-state index in [1.165, 1.54) is 12.1 Å². The van der Waals surface area contributed by atoms with Crippen molar-refractivity contribution >= 4 is 10.0 Å². The minimum atomic E-state index is -3.51.